The highest BCUT2D eigenvalue weighted by molar-refractivity contribution is 5.89. The molecule has 0 bridgehead atoms. The maximum absolute atomic E-state index is 13.3. The summed E-state index contributed by atoms with van der Waals surface area (Å²) in [7, 11) is 4.05. The smallest absolute Gasteiger partial charge is 0.354 e. The van der Waals surface area contributed by atoms with Crippen molar-refractivity contribution in [1.82, 2.24) is 30.0 Å². The quantitative estimate of drug-likeness (QED) is 0.586. The Morgan fingerprint density at radius 3 is 2.65 bits per heavy atom. The minimum Gasteiger partial charge on any atom is -0.354 e. The van der Waals surface area contributed by atoms with Gasteiger partial charge >= 0.3 is 6.18 Å². The number of likely N-dealkylation sites (N-methyl/N-ethyl adjacent to an activating group) is 1. The molecule has 0 radical (unpaired) electrons. The van der Waals surface area contributed by atoms with Gasteiger partial charge in [-0.1, -0.05) is 6.07 Å². The lowest BCUT2D eigenvalue weighted by Crippen LogP contribution is -2.67. The summed E-state index contributed by atoms with van der Waals surface area (Å²) in [5, 5.41) is 11.0. The van der Waals surface area contributed by atoms with Crippen molar-refractivity contribution in [3.63, 3.8) is 0 Å². The zero-order valence-corrected chi connectivity index (χ0v) is 19.0. The van der Waals surface area contributed by atoms with Crippen LogP contribution in [0.2, 0.25) is 0 Å². The molecule has 3 aromatic rings. The van der Waals surface area contributed by atoms with Crippen LogP contribution >= 0.6 is 0 Å². The number of rotatable bonds is 5. The highest BCUT2D eigenvalue weighted by Gasteiger charge is 2.42. The summed E-state index contributed by atoms with van der Waals surface area (Å²) < 4.78 is 41.3. The molecule has 0 spiro atoms. The van der Waals surface area contributed by atoms with Crippen LogP contribution in [0.25, 0.3) is 16.7 Å². The molecule has 0 aliphatic carbocycles. The molecule has 1 amide bonds. The molecule has 9 nitrogen and oxygen atoms in total. The van der Waals surface area contributed by atoms with Crippen LogP contribution in [0.3, 0.4) is 0 Å². The normalized spacial score (nSPS) is 20.0. The van der Waals surface area contributed by atoms with E-state index in [0.29, 0.717) is 35.8 Å². The van der Waals surface area contributed by atoms with Gasteiger partial charge in [0, 0.05) is 26.1 Å². The van der Waals surface area contributed by atoms with Crippen LogP contribution in [-0.4, -0.2) is 75.9 Å². The Morgan fingerprint density at radius 2 is 2.00 bits per heavy atom. The van der Waals surface area contributed by atoms with Crippen molar-refractivity contribution in [3.8, 4) is 5.69 Å². The SMILES string of the molecule is CN(C)C1(C)CN(c2nc(NC3CNC(=O)C3)nc3c2cnn3-c2cccc(C(F)(F)F)c2)C1. The Bertz CT molecular complexity index is 1250. The number of hydrogen-bond donors (Lipinski definition) is 2. The van der Waals surface area contributed by atoms with Crippen LogP contribution in [0.1, 0.15) is 18.9 Å². The van der Waals surface area contributed by atoms with Crippen LogP contribution in [0.5, 0.6) is 0 Å². The van der Waals surface area contributed by atoms with Crippen molar-refractivity contribution in [2.75, 3.05) is 43.9 Å². The fraction of sp³-hybridized carbons (Fsp3) is 0.455. The molecule has 2 saturated heterocycles. The number of amides is 1. The molecular formula is C22H25F3N8O. The molecule has 180 valence electrons. The minimum absolute atomic E-state index is 0.0241. The Hall–Kier alpha value is -3.41. The second kappa shape index (κ2) is 7.83. The molecule has 5 rings (SSSR count). The summed E-state index contributed by atoms with van der Waals surface area (Å²) in [6, 6.07) is 4.80. The maximum atomic E-state index is 13.3. The molecule has 2 aliphatic rings. The van der Waals surface area contributed by atoms with E-state index in [1.165, 1.54) is 10.7 Å². The molecule has 12 heteroatoms. The third-order valence-corrected chi connectivity index (χ3v) is 6.58. The predicted octanol–water partition coefficient (Wildman–Crippen LogP) is 2.28. The first kappa shape index (κ1) is 22.4. The Labute approximate surface area is 193 Å². The molecule has 2 aromatic heterocycles. The Morgan fingerprint density at radius 1 is 1.24 bits per heavy atom. The number of aromatic nitrogens is 4. The third-order valence-electron chi connectivity index (χ3n) is 6.58. The molecular weight excluding hydrogens is 449 g/mol. The summed E-state index contributed by atoms with van der Waals surface area (Å²) in [6.45, 7) is 4.06. The van der Waals surface area contributed by atoms with Crippen LogP contribution in [0, 0.1) is 0 Å². The van der Waals surface area contributed by atoms with Crippen molar-refractivity contribution in [2.45, 2.75) is 31.1 Å². The lowest BCUT2D eigenvalue weighted by atomic mass is 9.91. The molecule has 4 heterocycles. The summed E-state index contributed by atoms with van der Waals surface area (Å²) >= 11 is 0. The molecule has 0 saturated carbocycles. The number of benzene rings is 1. The lowest BCUT2D eigenvalue weighted by Gasteiger charge is -2.52. The van der Waals surface area contributed by atoms with E-state index in [4.69, 9.17) is 4.98 Å². The molecule has 2 aliphatic heterocycles. The summed E-state index contributed by atoms with van der Waals surface area (Å²) in [5.41, 5.74) is -0.146. The number of halogens is 3. The fourth-order valence-electron chi connectivity index (χ4n) is 4.30. The van der Waals surface area contributed by atoms with E-state index in [-0.39, 0.29) is 23.2 Å². The molecule has 34 heavy (non-hydrogen) atoms. The monoisotopic (exact) mass is 474 g/mol. The van der Waals surface area contributed by atoms with E-state index >= 15 is 0 Å². The van der Waals surface area contributed by atoms with Gasteiger partial charge in [-0.3, -0.25) is 4.79 Å². The number of anilines is 2. The van der Waals surface area contributed by atoms with Crippen LogP contribution in [-0.2, 0) is 11.0 Å². The van der Waals surface area contributed by atoms with Gasteiger partial charge in [0.2, 0.25) is 11.9 Å². The molecule has 1 unspecified atom stereocenters. The van der Waals surface area contributed by atoms with Gasteiger partial charge in [0.1, 0.15) is 5.82 Å². The first-order chi connectivity index (χ1) is 16.0. The maximum Gasteiger partial charge on any atom is 0.416 e. The average molecular weight is 474 g/mol. The standard InChI is InChI=1S/C22H25F3N8O/c1-21(31(2)3)11-32(12-21)18-16-10-27-33(15-6-4-5-13(7-15)22(23,24)25)19(16)30-20(29-18)28-14-8-17(34)26-9-14/h4-7,10,14H,8-9,11-12H2,1-3H3,(H,26,34)(H,28,29,30). The zero-order chi connectivity index (χ0) is 24.3. The second-order valence-electron chi connectivity index (χ2n) is 9.31. The third kappa shape index (κ3) is 3.91. The van der Waals surface area contributed by atoms with Gasteiger partial charge in [0.05, 0.1) is 34.4 Å². The van der Waals surface area contributed by atoms with Gasteiger partial charge in [-0.25, -0.2) is 4.68 Å². The number of carbonyl (C=O) groups excluding carboxylic acids is 1. The number of hydrogen-bond acceptors (Lipinski definition) is 7. The highest BCUT2D eigenvalue weighted by Crippen LogP contribution is 2.36. The molecule has 1 atom stereocenters. The van der Waals surface area contributed by atoms with E-state index in [1.807, 2.05) is 14.1 Å². The first-order valence-electron chi connectivity index (χ1n) is 10.9. The molecule has 2 N–H and O–H groups in total. The zero-order valence-electron chi connectivity index (χ0n) is 19.0. The number of nitrogens with one attached hydrogen (secondary N) is 2. The second-order valence-corrected chi connectivity index (χ2v) is 9.31. The number of carbonyl (C=O) groups is 1. The van der Waals surface area contributed by atoms with Crippen LogP contribution in [0.15, 0.2) is 30.5 Å². The topological polar surface area (TPSA) is 91.2 Å². The van der Waals surface area contributed by atoms with Crippen LogP contribution in [0.4, 0.5) is 24.9 Å². The van der Waals surface area contributed by atoms with Gasteiger partial charge in [-0.15, -0.1) is 0 Å². The highest BCUT2D eigenvalue weighted by atomic mass is 19.4. The van der Waals surface area contributed by atoms with Gasteiger partial charge in [0.25, 0.3) is 0 Å². The Balaban J connectivity index is 1.58. The summed E-state index contributed by atoms with van der Waals surface area (Å²) in [6.07, 6.45) is -2.59. The van der Waals surface area contributed by atoms with Gasteiger partial charge in [-0.2, -0.15) is 28.2 Å². The number of fused-ring (bicyclic) bond motifs is 1. The van der Waals surface area contributed by atoms with Crippen molar-refractivity contribution in [2.24, 2.45) is 0 Å². The number of alkyl halides is 3. The van der Waals surface area contributed by atoms with E-state index < -0.39 is 11.7 Å². The number of nitrogens with zero attached hydrogens (tertiary/aromatic N) is 6. The largest absolute Gasteiger partial charge is 0.416 e. The van der Waals surface area contributed by atoms with E-state index in [2.05, 4.69) is 37.4 Å². The van der Waals surface area contributed by atoms with Gasteiger partial charge in [0.15, 0.2) is 5.65 Å². The van der Waals surface area contributed by atoms with Gasteiger partial charge in [-0.05, 0) is 39.2 Å². The Kier molecular flexibility index (Phi) is 5.15. The van der Waals surface area contributed by atoms with Gasteiger partial charge < -0.3 is 20.4 Å². The first-order valence-corrected chi connectivity index (χ1v) is 10.9. The van der Waals surface area contributed by atoms with Crippen LogP contribution < -0.4 is 15.5 Å². The predicted molar refractivity (Wildman–Crippen MR) is 121 cm³/mol. The minimum atomic E-state index is -4.47. The van der Waals surface area contributed by atoms with E-state index in [0.717, 1.165) is 25.2 Å². The molecule has 1 aromatic carbocycles. The van der Waals surface area contributed by atoms with E-state index in [1.54, 1.807) is 12.3 Å². The van der Waals surface area contributed by atoms with Crippen molar-refractivity contribution in [3.05, 3.63) is 36.0 Å². The molecule has 2 fully saturated rings. The van der Waals surface area contributed by atoms with Crippen molar-refractivity contribution >= 4 is 28.7 Å². The lowest BCUT2D eigenvalue weighted by molar-refractivity contribution is -0.137. The summed E-state index contributed by atoms with van der Waals surface area (Å²) in [5.74, 6) is 0.899. The average Bonchev–Trinajstić information content (AvgIpc) is 3.36. The fourth-order valence-corrected chi connectivity index (χ4v) is 4.30. The summed E-state index contributed by atoms with van der Waals surface area (Å²) in [4.78, 5) is 25.2. The van der Waals surface area contributed by atoms with Crippen molar-refractivity contribution < 1.29 is 18.0 Å². The van der Waals surface area contributed by atoms with Crippen molar-refractivity contribution in [1.29, 1.82) is 0 Å². The van der Waals surface area contributed by atoms with E-state index in [9.17, 15) is 18.0 Å².